The van der Waals surface area contributed by atoms with Crippen molar-refractivity contribution in [2.75, 3.05) is 24.6 Å². The van der Waals surface area contributed by atoms with E-state index in [1.807, 2.05) is 0 Å². The van der Waals surface area contributed by atoms with Crippen molar-refractivity contribution in [3.63, 3.8) is 0 Å². The number of nitrogens with zero attached hydrogens (tertiary/aromatic N) is 2. The summed E-state index contributed by atoms with van der Waals surface area (Å²) in [6.45, 7) is 0.892. The number of alkyl halides is 2. The van der Waals surface area contributed by atoms with Crippen molar-refractivity contribution in [3.05, 3.63) is 33.9 Å². The minimum absolute atomic E-state index is 0.0585. The van der Waals surface area contributed by atoms with Crippen LogP contribution in [0.2, 0.25) is 0 Å². The lowest BCUT2D eigenvalue weighted by atomic mass is 10.1. The molecule has 0 heterocycles. The standard InChI is InChI=1S/C11H14F2N2O3/c1-8-6-9(15(17)18)2-3-10(8)14(4-5-16)7-11(12)13/h2-3,6,11,16H,4-5,7H2,1H3. The van der Waals surface area contributed by atoms with Crippen molar-refractivity contribution < 1.29 is 18.8 Å². The van der Waals surface area contributed by atoms with E-state index in [-0.39, 0.29) is 18.8 Å². The number of hydrogen-bond acceptors (Lipinski definition) is 4. The Kier molecular flexibility index (Phi) is 4.96. The molecule has 0 spiro atoms. The third-order valence-corrected chi connectivity index (χ3v) is 2.46. The van der Waals surface area contributed by atoms with Gasteiger partial charge >= 0.3 is 0 Å². The lowest BCUT2D eigenvalue weighted by molar-refractivity contribution is -0.384. The fourth-order valence-electron chi connectivity index (χ4n) is 1.71. The maximum Gasteiger partial charge on any atom is 0.269 e. The number of non-ortho nitro benzene ring substituents is 1. The molecule has 0 bridgehead atoms. The van der Waals surface area contributed by atoms with Crippen LogP contribution in [-0.2, 0) is 0 Å². The molecule has 7 heteroatoms. The summed E-state index contributed by atoms with van der Waals surface area (Å²) in [5.74, 6) is 0. The molecule has 5 nitrogen and oxygen atoms in total. The van der Waals surface area contributed by atoms with Crippen LogP contribution in [0, 0.1) is 17.0 Å². The summed E-state index contributed by atoms with van der Waals surface area (Å²) in [6.07, 6.45) is -2.54. The van der Waals surface area contributed by atoms with E-state index in [4.69, 9.17) is 5.11 Å². The monoisotopic (exact) mass is 260 g/mol. The maximum absolute atomic E-state index is 12.4. The summed E-state index contributed by atoms with van der Waals surface area (Å²) in [7, 11) is 0. The predicted octanol–water partition coefficient (Wildman–Crippen LogP) is 1.97. The second-order valence-corrected chi connectivity index (χ2v) is 3.79. The Balaban J connectivity index is 3.01. The molecule has 0 amide bonds. The van der Waals surface area contributed by atoms with E-state index in [0.717, 1.165) is 0 Å². The fourth-order valence-corrected chi connectivity index (χ4v) is 1.71. The van der Waals surface area contributed by atoms with Gasteiger partial charge in [-0.3, -0.25) is 10.1 Å². The lowest BCUT2D eigenvalue weighted by Crippen LogP contribution is -2.32. The van der Waals surface area contributed by atoms with E-state index >= 15 is 0 Å². The first kappa shape index (κ1) is 14.3. The fraction of sp³-hybridized carbons (Fsp3) is 0.455. The van der Waals surface area contributed by atoms with E-state index in [2.05, 4.69) is 0 Å². The van der Waals surface area contributed by atoms with Gasteiger partial charge in [0.1, 0.15) is 0 Å². The Hall–Kier alpha value is -1.76. The normalized spacial score (nSPS) is 10.7. The molecule has 1 aromatic carbocycles. The minimum Gasteiger partial charge on any atom is -0.395 e. The molecule has 0 unspecified atom stereocenters. The van der Waals surface area contributed by atoms with E-state index in [0.29, 0.717) is 11.3 Å². The van der Waals surface area contributed by atoms with Gasteiger partial charge in [-0.25, -0.2) is 8.78 Å². The molecule has 1 aromatic rings. The number of aliphatic hydroxyl groups excluding tert-OH is 1. The molecular formula is C11H14F2N2O3. The number of aliphatic hydroxyl groups is 1. The van der Waals surface area contributed by atoms with Gasteiger partial charge in [0.25, 0.3) is 12.1 Å². The predicted molar refractivity (Wildman–Crippen MR) is 63.1 cm³/mol. The zero-order valence-electron chi connectivity index (χ0n) is 9.84. The molecule has 0 fully saturated rings. The number of hydrogen-bond donors (Lipinski definition) is 1. The van der Waals surface area contributed by atoms with E-state index < -0.39 is 17.9 Å². The quantitative estimate of drug-likeness (QED) is 0.627. The third kappa shape index (κ3) is 3.63. The van der Waals surface area contributed by atoms with Gasteiger partial charge in [0.15, 0.2) is 0 Å². The first-order chi connectivity index (χ1) is 8.45. The molecule has 1 rings (SSSR count). The van der Waals surface area contributed by atoms with Crippen molar-refractivity contribution in [2.45, 2.75) is 13.3 Å². The molecule has 0 atom stereocenters. The molecule has 0 aromatic heterocycles. The summed E-state index contributed by atoms with van der Waals surface area (Å²) in [6, 6.07) is 4.01. The number of aryl methyl sites for hydroxylation is 1. The molecule has 0 saturated carbocycles. The summed E-state index contributed by atoms with van der Waals surface area (Å²) in [5.41, 5.74) is 0.908. The minimum atomic E-state index is -2.54. The highest BCUT2D eigenvalue weighted by molar-refractivity contribution is 5.57. The van der Waals surface area contributed by atoms with Gasteiger partial charge in [-0.15, -0.1) is 0 Å². The summed E-state index contributed by atoms with van der Waals surface area (Å²) >= 11 is 0. The molecule has 0 aliphatic rings. The molecule has 18 heavy (non-hydrogen) atoms. The molecule has 0 aliphatic carbocycles. The highest BCUT2D eigenvalue weighted by atomic mass is 19.3. The second kappa shape index (κ2) is 6.25. The molecule has 0 radical (unpaired) electrons. The van der Waals surface area contributed by atoms with Crippen LogP contribution in [0.1, 0.15) is 5.56 Å². The topological polar surface area (TPSA) is 66.6 Å². The van der Waals surface area contributed by atoms with Crippen molar-refractivity contribution >= 4 is 11.4 Å². The molecule has 0 saturated heterocycles. The van der Waals surface area contributed by atoms with Crippen molar-refractivity contribution in [2.24, 2.45) is 0 Å². The highest BCUT2D eigenvalue weighted by Gasteiger charge is 2.16. The van der Waals surface area contributed by atoms with E-state index in [1.54, 1.807) is 6.92 Å². The highest BCUT2D eigenvalue weighted by Crippen LogP contribution is 2.25. The molecule has 100 valence electrons. The van der Waals surface area contributed by atoms with Crippen LogP contribution in [0.3, 0.4) is 0 Å². The summed E-state index contributed by atoms with van der Waals surface area (Å²) in [5, 5.41) is 19.4. The van der Waals surface area contributed by atoms with Gasteiger partial charge in [-0.05, 0) is 18.6 Å². The number of nitro benzene ring substituents is 1. The first-order valence-electron chi connectivity index (χ1n) is 5.34. The number of rotatable bonds is 6. The summed E-state index contributed by atoms with van der Waals surface area (Å²) in [4.78, 5) is 11.3. The number of anilines is 1. The van der Waals surface area contributed by atoms with E-state index in [9.17, 15) is 18.9 Å². The number of benzene rings is 1. The van der Waals surface area contributed by atoms with Gasteiger partial charge in [-0.2, -0.15) is 0 Å². The Morgan fingerprint density at radius 3 is 2.61 bits per heavy atom. The zero-order chi connectivity index (χ0) is 13.7. The van der Waals surface area contributed by atoms with Crippen LogP contribution in [0.25, 0.3) is 0 Å². The SMILES string of the molecule is Cc1cc([N+](=O)[O-])ccc1N(CCO)CC(F)F. The van der Waals surface area contributed by atoms with Crippen LogP contribution in [0.5, 0.6) is 0 Å². The van der Waals surface area contributed by atoms with Gasteiger partial charge in [0.05, 0.1) is 18.1 Å². The van der Waals surface area contributed by atoms with Crippen LogP contribution >= 0.6 is 0 Å². The third-order valence-electron chi connectivity index (χ3n) is 2.46. The molecular weight excluding hydrogens is 246 g/mol. The number of halogens is 2. The lowest BCUT2D eigenvalue weighted by Gasteiger charge is -2.25. The molecule has 0 aliphatic heterocycles. The van der Waals surface area contributed by atoms with Gasteiger partial charge in [0.2, 0.25) is 0 Å². The van der Waals surface area contributed by atoms with Crippen LogP contribution in [0.4, 0.5) is 20.2 Å². The van der Waals surface area contributed by atoms with Gasteiger partial charge in [0, 0.05) is 24.4 Å². The Bertz CT molecular complexity index is 427. The first-order valence-corrected chi connectivity index (χ1v) is 5.34. The van der Waals surface area contributed by atoms with Crippen LogP contribution in [-0.4, -0.2) is 36.2 Å². The molecule has 1 N–H and O–H groups in total. The van der Waals surface area contributed by atoms with Gasteiger partial charge < -0.3 is 10.0 Å². The maximum atomic E-state index is 12.4. The average Bonchev–Trinajstić information content (AvgIpc) is 2.27. The van der Waals surface area contributed by atoms with Crippen LogP contribution < -0.4 is 4.90 Å². The zero-order valence-corrected chi connectivity index (χ0v) is 9.84. The largest absolute Gasteiger partial charge is 0.395 e. The van der Waals surface area contributed by atoms with Crippen LogP contribution in [0.15, 0.2) is 18.2 Å². The Labute approximate surface area is 103 Å². The summed E-state index contributed by atoms with van der Waals surface area (Å²) < 4.78 is 24.8. The van der Waals surface area contributed by atoms with Crippen molar-refractivity contribution in [3.8, 4) is 0 Å². The van der Waals surface area contributed by atoms with Gasteiger partial charge in [-0.1, -0.05) is 0 Å². The average molecular weight is 260 g/mol. The van der Waals surface area contributed by atoms with Crippen molar-refractivity contribution in [1.82, 2.24) is 0 Å². The Morgan fingerprint density at radius 2 is 2.17 bits per heavy atom. The number of nitro groups is 1. The van der Waals surface area contributed by atoms with Crippen molar-refractivity contribution in [1.29, 1.82) is 0 Å². The Morgan fingerprint density at radius 1 is 1.50 bits per heavy atom. The second-order valence-electron chi connectivity index (χ2n) is 3.79. The van der Waals surface area contributed by atoms with E-state index in [1.165, 1.54) is 23.1 Å². The smallest absolute Gasteiger partial charge is 0.269 e.